The number of benzene rings is 1. The number of nitrogens with one attached hydrogen (secondary N) is 1. The van der Waals surface area contributed by atoms with Crippen LogP contribution in [0.2, 0.25) is 0 Å². The highest BCUT2D eigenvalue weighted by atomic mass is 15.1. The zero-order chi connectivity index (χ0) is 12.1. The fourth-order valence-corrected chi connectivity index (χ4v) is 1.23. The first-order chi connectivity index (χ1) is 7.54. The van der Waals surface area contributed by atoms with Crippen LogP contribution < -0.4 is 11.1 Å². The number of likely N-dealkylation sites (N-methyl/N-ethyl adjacent to an activating group) is 1. The first-order valence-corrected chi connectivity index (χ1v) is 5.24. The molecule has 86 valence electrons. The summed E-state index contributed by atoms with van der Waals surface area (Å²) in [6.07, 6.45) is 0. The maximum Gasteiger partial charge on any atom is 0.0992 e. The van der Waals surface area contributed by atoms with E-state index < -0.39 is 0 Å². The number of hydrogen-bond donors (Lipinski definition) is 2. The molecule has 1 rings (SSSR count). The van der Waals surface area contributed by atoms with E-state index in [9.17, 15) is 0 Å². The third kappa shape index (κ3) is 3.14. The van der Waals surface area contributed by atoms with Gasteiger partial charge in [-0.15, -0.1) is 0 Å². The van der Waals surface area contributed by atoms with Gasteiger partial charge < -0.3 is 16.0 Å². The van der Waals surface area contributed by atoms with Crippen molar-refractivity contribution in [1.82, 2.24) is 4.90 Å². The van der Waals surface area contributed by atoms with Crippen molar-refractivity contribution >= 4 is 11.4 Å². The number of nitriles is 1. The van der Waals surface area contributed by atoms with Crippen molar-refractivity contribution in [2.45, 2.75) is 13.0 Å². The molecule has 0 radical (unpaired) electrons. The largest absolute Gasteiger partial charge is 0.397 e. The molecule has 1 aromatic rings. The Hall–Kier alpha value is -1.73. The molecule has 0 aromatic heterocycles. The van der Waals surface area contributed by atoms with Gasteiger partial charge in [0.05, 0.1) is 23.0 Å². The molecule has 0 spiro atoms. The molecule has 0 fully saturated rings. The van der Waals surface area contributed by atoms with Crippen LogP contribution in [0, 0.1) is 11.3 Å². The fraction of sp³-hybridized carbons (Fsp3) is 0.417. The Morgan fingerprint density at radius 1 is 1.50 bits per heavy atom. The number of rotatable bonds is 4. The van der Waals surface area contributed by atoms with Crippen molar-refractivity contribution in [3.63, 3.8) is 0 Å². The van der Waals surface area contributed by atoms with Crippen molar-refractivity contribution < 1.29 is 0 Å². The minimum Gasteiger partial charge on any atom is -0.397 e. The molecule has 1 atom stereocenters. The van der Waals surface area contributed by atoms with Crippen molar-refractivity contribution in [1.29, 1.82) is 5.26 Å². The lowest BCUT2D eigenvalue weighted by Crippen LogP contribution is -2.31. The summed E-state index contributed by atoms with van der Waals surface area (Å²) in [6.45, 7) is 2.95. The average molecular weight is 218 g/mol. The van der Waals surface area contributed by atoms with E-state index in [1.165, 1.54) is 0 Å². The van der Waals surface area contributed by atoms with Gasteiger partial charge >= 0.3 is 0 Å². The van der Waals surface area contributed by atoms with E-state index in [1.807, 2.05) is 20.2 Å². The molecule has 0 saturated heterocycles. The predicted molar refractivity (Wildman–Crippen MR) is 67.2 cm³/mol. The highest BCUT2D eigenvalue weighted by Gasteiger charge is 2.05. The Kier molecular flexibility index (Phi) is 4.15. The van der Waals surface area contributed by atoms with Crippen molar-refractivity contribution in [2.24, 2.45) is 0 Å². The highest BCUT2D eigenvalue weighted by Crippen LogP contribution is 2.19. The van der Waals surface area contributed by atoms with E-state index in [0.717, 1.165) is 12.2 Å². The topological polar surface area (TPSA) is 65.1 Å². The first-order valence-electron chi connectivity index (χ1n) is 5.24. The first kappa shape index (κ1) is 12.3. The third-order valence-electron chi connectivity index (χ3n) is 2.65. The number of nitrogens with two attached hydrogens (primary N) is 1. The molecule has 0 aliphatic rings. The molecule has 0 aliphatic heterocycles. The Labute approximate surface area is 96.7 Å². The van der Waals surface area contributed by atoms with E-state index in [1.54, 1.807) is 12.1 Å². The SMILES string of the molecule is CC(CNc1ccc(C#N)cc1N)N(C)C. The lowest BCUT2D eigenvalue weighted by Gasteiger charge is -2.21. The zero-order valence-electron chi connectivity index (χ0n) is 9.99. The average Bonchev–Trinajstić information content (AvgIpc) is 2.26. The summed E-state index contributed by atoms with van der Waals surface area (Å²) in [7, 11) is 4.07. The molecule has 0 bridgehead atoms. The van der Waals surface area contributed by atoms with Crippen molar-refractivity contribution in [3.8, 4) is 6.07 Å². The molecule has 0 amide bonds. The zero-order valence-corrected chi connectivity index (χ0v) is 9.99. The Morgan fingerprint density at radius 3 is 2.69 bits per heavy atom. The maximum absolute atomic E-state index is 8.71. The summed E-state index contributed by atoms with van der Waals surface area (Å²) in [5, 5.41) is 12.0. The standard InChI is InChI=1S/C12H18N4/c1-9(16(2)3)8-15-12-5-4-10(7-13)6-11(12)14/h4-6,9,15H,8,14H2,1-3H3. The molecule has 0 heterocycles. The van der Waals surface area contributed by atoms with Gasteiger partial charge in [0.2, 0.25) is 0 Å². The number of nitrogen functional groups attached to an aromatic ring is 1. The molecule has 16 heavy (non-hydrogen) atoms. The molecule has 4 nitrogen and oxygen atoms in total. The second-order valence-electron chi connectivity index (χ2n) is 4.11. The van der Waals surface area contributed by atoms with Crippen LogP contribution in [0.4, 0.5) is 11.4 Å². The van der Waals surface area contributed by atoms with Gasteiger partial charge in [0, 0.05) is 12.6 Å². The van der Waals surface area contributed by atoms with Crippen LogP contribution in [0.3, 0.4) is 0 Å². The molecular weight excluding hydrogens is 200 g/mol. The Bertz CT molecular complexity index is 392. The quantitative estimate of drug-likeness (QED) is 0.752. The van der Waals surface area contributed by atoms with Gasteiger partial charge in [-0.2, -0.15) is 5.26 Å². The minimum atomic E-state index is 0.426. The van der Waals surface area contributed by atoms with Crippen LogP contribution in [0.15, 0.2) is 18.2 Å². The van der Waals surface area contributed by atoms with Gasteiger partial charge in [0.25, 0.3) is 0 Å². The summed E-state index contributed by atoms with van der Waals surface area (Å²) in [5.41, 5.74) is 7.92. The van der Waals surface area contributed by atoms with Crippen LogP contribution >= 0.6 is 0 Å². The van der Waals surface area contributed by atoms with Crippen LogP contribution in [-0.4, -0.2) is 31.6 Å². The summed E-state index contributed by atoms with van der Waals surface area (Å²) in [5.74, 6) is 0. The molecule has 3 N–H and O–H groups in total. The van der Waals surface area contributed by atoms with E-state index in [2.05, 4.69) is 23.2 Å². The van der Waals surface area contributed by atoms with E-state index >= 15 is 0 Å². The van der Waals surface area contributed by atoms with Crippen molar-refractivity contribution in [3.05, 3.63) is 23.8 Å². The highest BCUT2D eigenvalue weighted by molar-refractivity contribution is 5.68. The van der Waals surface area contributed by atoms with Gasteiger partial charge in [-0.1, -0.05) is 0 Å². The predicted octanol–water partition coefficient (Wildman–Crippen LogP) is 1.50. The van der Waals surface area contributed by atoms with Crippen LogP contribution in [0.5, 0.6) is 0 Å². The van der Waals surface area contributed by atoms with Gasteiger partial charge in [-0.3, -0.25) is 0 Å². The summed E-state index contributed by atoms with van der Waals surface area (Å²) in [6, 6.07) is 7.78. The number of nitrogens with zero attached hydrogens (tertiary/aromatic N) is 2. The number of anilines is 2. The van der Waals surface area contributed by atoms with E-state index in [-0.39, 0.29) is 0 Å². The molecule has 0 aliphatic carbocycles. The Morgan fingerprint density at radius 2 is 2.19 bits per heavy atom. The minimum absolute atomic E-state index is 0.426. The van der Waals surface area contributed by atoms with Gasteiger partial charge in [-0.05, 0) is 39.2 Å². The van der Waals surface area contributed by atoms with Gasteiger partial charge in [-0.25, -0.2) is 0 Å². The lowest BCUT2D eigenvalue weighted by atomic mass is 10.2. The summed E-state index contributed by atoms with van der Waals surface area (Å²) in [4.78, 5) is 2.13. The smallest absolute Gasteiger partial charge is 0.0992 e. The van der Waals surface area contributed by atoms with Crippen LogP contribution in [-0.2, 0) is 0 Å². The van der Waals surface area contributed by atoms with Gasteiger partial charge in [0.1, 0.15) is 0 Å². The fourth-order valence-electron chi connectivity index (χ4n) is 1.23. The van der Waals surface area contributed by atoms with Gasteiger partial charge in [0.15, 0.2) is 0 Å². The second-order valence-corrected chi connectivity index (χ2v) is 4.11. The van der Waals surface area contributed by atoms with E-state index in [4.69, 9.17) is 11.0 Å². The number of hydrogen-bond acceptors (Lipinski definition) is 4. The van der Waals surface area contributed by atoms with Crippen LogP contribution in [0.25, 0.3) is 0 Å². The normalized spacial score (nSPS) is 12.2. The molecular formula is C12H18N4. The Balaban J connectivity index is 2.65. The third-order valence-corrected chi connectivity index (χ3v) is 2.65. The lowest BCUT2D eigenvalue weighted by molar-refractivity contribution is 0.326. The molecule has 1 aromatic carbocycles. The molecule has 4 heteroatoms. The molecule has 0 saturated carbocycles. The monoisotopic (exact) mass is 218 g/mol. The molecule has 1 unspecified atom stereocenters. The van der Waals surface area contributed by atoms with E-state index in [0.29, 0.717) is 17.3 Å². The second kappa shape index (κ2) is 5.38. The maximum atomic E-state index is 8.71. The van der Waals surface area contributed by atoms with Crippen LogP contribution in [0.1, 0.15) is 12.5 Å². The summed E-state index contributed by atoms with van der Waals surface area (Å²) >= 11 is 0. The van der Waals surface area contributed by atoms with Crippen molar-refractivity contribution in [2.75, 3.05) is 31.7 Å². The summed E-state index contributed by atoms with van der Waals surface area (Å²) < 4.78 is 0.